The zero-order chi connectivity index (χ0) is 12.4. The highest BCUT2D eigenvalue weighted by Crippen LogP contribution is 2.27. The van der Waals surface area contributed by atoms with Gasteiger partial charge in [0.25, 0.3) is 0 Å². The van der Waals surface area contributed by atoms with Crippen LogP contribution in [0.25, 0.3) is 10.8 Å². The van der Waals surface area contributed by atoms with Crippen LogP contribution < -0.4 is 5.32 Å². The van der Waals surface area contributed by atoms with Crippen molar-refractivity contribution in [3.63, 3.8) is 0 Å². The lowest BCUT2D eigenvalue weighted by Crippen LogP contribution is -2.30. The molecule has 3 rings (SSSR count). The minimum atomic E-state index is 0.311. The van der Waals surface area contributed by atoms with Crippen molar-refractivity contribution < 1.29 is 4.74 Å². The van der Waals surface area contributed by atoms with E-state index in [0.29, 0.717) is 12.1 Å². The summed E-state index contributed by atoms with van der Waals surface area (Å²) in [5.74, 6) is 0.974. The molecule has 0 amide bonds. The third-order valence-electron chi connectivity index (χ3n) is 3.75. The van der Waals surface area contributed by atoms with E-state index in [1.807, 2.05) is 12.3 Å². The van der Waals surface area contributed by atoms with Crippen LogP contribution in [0.3, 0.4) is 0 Å². The third-order valence-corrected chi connectivity index (χ3v) is 3.75. The van der Waals surface area contributed by atoms with Gasteiger partial charge in [-0.05, 0) is 30.7 Å². The van der Waals surface area contributed by atoms with Crippen LogP contribution in [0, 0.1) is 0 Å². The van der Waals surface area contributed by atoms with Crippen molar-refractivity contribution in [1.82, 2.24) is 4.98 Å². The van der Waals surface area contributed by atoms with Crippen LogP contribution in [0.4, 0.5) is 5.82 Å². The number of hydrogen-bond donors (Lipinski definition) is 1. The Balaban J connectivity index is 1.90. The van der Waals surface area contributed by atoms with Crippen LogP contribution >= 0.6 is 0 Å². The molecule has 1 saturated carbocycles. The van der Waals surface area contributed by atoms with Crippen LogP contribution in [-0.2, 0) is 4.74 Å². The maximum atomic E-state index is 5.52. The predicted molar refractivity (Wildman–Crippen MR) is 73.8 cm³/mol. The van der Waals surface area contributed by atoms with E-state index in [9.17, 15) is 0 Å². The van der Waals surface area contributed by atoms with Gasteiger partial charge in [0, 0.05) is 18.7 Å². The molecule has 3 nitrogen and oxygen atoms in total. The topological polar surface area (TPSA) is 34.1 Å². The molecule has 1 heterocycles. The average Bonchev–Trinajstić information content (AvgIpc) is 2.86. The molecule has 2 atom stereocenters. The zero-order valence-electron chi connectivity index (χ0n) is 10.6. The number of nitrogens with zero attached hydrogens (tertiary/aromatic N) is 1. The van der Waals surface area contributed by atoms with Gasteiger partial charge in [0.2, 0.25) is 0 Å². The first-order valence-electron chi connectivity index (χ1n) is 6.51. The van der Waals surface area contributed by atoms with Gasteiger partial charge in [-0.3, -0.25) is 0 Å². The molecule has 1 aromatic heterocycles. The Hall–Kier alpha value is -1.61. The highest BCUT2D eigenvalue weighted by Gasteiger charge is 2.27. The maximum absolute atomic E-state index is 5.52. The van der Waals surface area contributed by atoms with Gasteiger partial charge in [0.15, 0.2) is 0 Å². The molecule has 2 aromatic rings. The Morgan fingerprint density at radius 2 is 2.11 bits per heavy atom. The molecule has 1 fully saturated rings. The summed E-state index contributed by atoms with van der Waals surface area (Å²) in [5.41, 5.74) is 0. The van der Waals surface area contributed by atoms with E-state index in [4.69, 9.17) is 4.74 Å². The second kappa shape index (κ2) is 4.94. The molecule has 1 aliphatic carbocycles. The lowest BCUT2D eigenvalue weighted by atomic mass is 10.1. The summed E-state index contributed by atoms with van der Waals surface area (Å²) < 4.78 is 5.52. The molecule has 1 aliphatic rings. The van der Waals surface area contributed by atoms with Gasteiger partial charge in [0.05, 0.1) is 12.1 Å². The van der Waals surface area contributed by atoms with Gasteiger partial charge < -0.3 is 10.1 Å². The Morgan fingerprint density at radius 1 is 1.22 bits per heavy atom. The molecular weight excluding hydrogens is 224 g/mol. The lowest BCUT2D eigenvalue weighted by molar-refractivity contribution is 0.101. The molecule has 3 heteroatoms. The number of rotatable bonds is 3. The van der Waals surface area contributed by atoms with Gasteiger partial charge in [-0.2, -0.15) is 0 Å². The van der Waals surface area contributed by atoms with Crippen molar-refractivity contribution >= 4 is 16.6 Å². The summed E-state index contributed by atoms with van der Waals surface area (Å²) in [7, 11) is 1.79. The van der Waals surface area contributed by atoms with Crippen molar-refractivity contribution in [2.24, 2.45) is 0 Å². The van der Waals surface area contributed by atoms with Crippen LogP contribution in [-0.4, -0.2) is 24.2 Å². The molecule has 0 spiro atoms. The van der Waals surface area contributed by atoms with E-state index >= 15 is 0 Å². The number of ether oxygens (including phenoxy) is 1. The number of hydrogen-bond acceptors (Lipinski definition) is 3. The molecular formula is C15H18N2O. The van der Waals surface area contributed by atoms with Crippen molar-refractivity contribution in [3.8, 4) is 0 Å². The van der Waals surface area contributed by atoms with Crippen molar-refractivity contribution in [1.29, 1.82) is 0 Å². The number of methoxy groups -OCH3 is 1. The normalized spacial score (nSPS) is 23.4. The van der Waals surface area contributed by atoms with Gasteiger partial charge in [-0.25, -0.2) is 4.98 Å². The monoisotopic (exact) mass is 242 g/mol. The number of nitrogens with one attached hydrogen (secondary N) is 1. The minimum absolute atomic E-state index is 0.311. The Bertz CT molecular complexity index is 536. The molecule has 2 unspecified atom stereocenters. The fourth-order valence-electron chi connectivity index (χ4n) is 2.78. The molecule has 0 bridgehead atoms. The molecule has 1 aromatic carbocycles. The fourth-order valence-corrected chi connectivity index (χ4v) is 2.78. The van der Waals surface area contributed by atoms with E-state index in [1.165, 1.54) is 17.2 Å². The predicted octanol–water partition coefficient (Wildman–Crippen LogP) is 3.21. The van der Waals surface area contributed by atoms with Crippen molar-refractivity contribution in [2.75, 3.05) is 12.4 Å². The summed E-state index contributed by atoms with van der Waals surface area (Å²) in [6.07, 6.45) is 5.69. The first-order valence-corrected chi connectivity index (χ1v) is 6.51. The summed E-state index contributed by atoms with van der Waals surface area (Å²) in [5, 5.41) is 5.95. The lowest BCUT2D eigenvalue weighted by Gasteiger charge is -2.21. The Morgan fingerprint density at radius 3 is 3.00 bits per heavy atom. The number of fused-ring (bicyclic) bond motifs is 1. The molecule has 0 saturated heterocycles. The van der Waals surface area contributed by atoms with E-state index < -0.39 is 0 Å². The quantitative estimate of drug-likeness (QED) is 0.897. The largest absolute Gasteiger partial charge is 0.379 e. The molecule has 1 N–H and O–H groups in total. The van der Waals surface area contributed by atoms with E-state index in [0.717, 1.165) is 18.7 Å². The molecule has 0 aliphatic heterocycles. The van der Waals surface area contributed by atoms with E-state index in [-0.39, 0.29) is 0 Å². The van der Waals surface area contributed by atoms with Gasteiger partial charge in [0.1, 0.15) is 5.82 Å². The van der Waals surface area contributed by atoms with Gasteiger partial charge in [-0.1, -0.05) is 24.3 Å². The van der Waals surface area contributed by atoms with Crippen LogP contribution in [0.2, 0.25) is 0 Å². The van der Waals surface area contributed by atoms with Crippen LogP contribution in [0.5, 0.6) is 0 Å². The van der Waals surface area contributed by atoms with Crippen LogP contribution in [0.1, 0.15) is 19.3 Å². The number of aromatic nitrogens is 1. The highest BCUT2D eigenvalue weighted by atomic mass is 16.5. The SMILES string of the molecule is COC1CCCC1Nc1nccc2ccccc12. The second-order valence-corrected chi connectivity index (χ2v) is 4.84. The van der Waals surface area contributed by atoms with E-state index in [2.05, 4.69) is 34.6 Å². The highest BCUT2D eigenvalue weighted by molar-refractivity contribution is 5.91. The summed E-state index contributed by atoms with van der Waals surface area (Å²) in [4.78, 5) is 4.47. The van der Waals surface area contributed by atoms with Crippen molar-refractivity contribution in [2.45, 2.75) is 31.4 Å². The summed E-state index contributed by atoms with van der Waals surface area (Å²) >= 11 is 0. The maximum Gasteiger partial charge on any atom is 0.134 e. The van der Waals surface area contributed by atoms with Crippen LogP contribution in [0.15, 0.2) is 36.5 Å². The number of anilines is 1. The number of pyridine rings is 1. The van der Waals surface area contributed by atoms with Gasteiger partial charge >= 0.3 is 0 Å². The van der Waals surface area contributed by atoms with Gasteiger partial charge in [-0.15, -0.1) is 0 Å². The molecule has 0 radical (unpaired) electrons. The second-order valence-electron chi connectivity index (χ2n) is 4.84. The Kier molecular flexibility index (Phi) is 3.15. The molecule has 94 valence electrons. The first kappa shape index (κ1) is 11.5. The zero-order valence-corrected chi connectivity index (χ0v) is 10.6. The van der Waals surface area contributed by atoms with E-state index in [1.54, 1.807) is 7.11 Å². The first-order chi connectivity index (χ1) is 8.88. The van der Waals surface area contributed by atoms with Crippen molar-refractivity contribution in [3.05, 3.63) is 36.5 Å². The minimum Gasteiger partial charge on any atom is -0.379 e. The smallest absolute Gasteiger partial charge is 0.134 e. The summed E-state index contributed by atoms with van der Waals surface area (Å²) in [6.45, 7) is 0. The third kappa shape index (κ3) is 2.06. The summed E-state index contributed by atoms with van der Waals surface area (Å²) in [6, 6.07) is 10.8. The molecule has 18 heavy (non-hydrogen) atoms. The average molecular weight is 242 g/mol. The fraction of sp³-hybridized carbons (Fsp3) is 0.400. The Labute approximate surface area is 107 Å². The number of benzene rings is 1. The standard InChI is InChI=1S/C15H18N2O/c1-18-14-8-4-7-13(14)17-15-12-6-3-2-5-11(12)9-10-16-15/h2-3,5-6,9-10,13-14H,4,7-8H2,1H3,(H,16,17).